The molecule has 4 N–H and O–H groups in total. The number of para-hydroxylation sites is 1. The van der Waals surface area contributed by atoms with Crippen LogP contribution >= 0.6 is 0 Å². The molecule has 0 fully saturated rings. The number of amides is 1. The number of hydrogen-bond acceptors (Lipinski definition) is 8. The molecular weight excluding hydrogens is 434 g/mol. The summed E-state index contributed by atoms with van der Waals surface area (Å²) in [4.78, 5) is 15.3. The second-order valence-corrected chi connectivity index (χ2v) is 8.42. The van der Waals surface area contributed by atoms with E-state index in [4.69, 9.17) is 10.3 Å². The maximum atomic E-state index is 13.1. The van der Waals surface area contributed by atoms with E-state index in [0.717, 1.165) is 11.5 Å². The van der Waals surface area contributed by atoms with E-state index in [1.54, 1.807) is 24.3 Å². The maximum absolute atomic E-state index is 13.1. The van der Waals surface area contributed by atoms with Gasteiger partial charge in [-0.3, -0.25) is 9.73 Å². The summed E-state index contributed by atoms with van der Waals surface area (Å²) in [6.07, 6.45) is 2.62. The minimum Gasteiger partial charge on any atom is -0.456 e. The fourth-order valence-electron chi connectivity index (χ4n) is 3.11. The number of furan rings is 1. The van der Waals surface area contributed by atoms with Crippen molar-refractivity contribution in [3.8, 4) is 0 Å². The van der Waals surface area contributed by atoms with Crippen LogP contribution < -0.4 is 16.2 Å². The molecule has 0 aliphatic carbocycles. The molecule has 0 bridgehead atoms. The zero-order chi connectivity index (χ0) is 22.7. The van der Waals surface area contributed by atoms with Gasteiger partial charge in [-0.05, 0) is 48.0 Å². The van der Waals surface area contributed by atoms with E-state index in [1.807, 2.05) is 24.3 Å². The van der Waals surface area contributed by atoms with E-state index in [2.05, 4.69) is 21.2 Å². The molecule has 1 heterocycles. The fourth-order valence-corrected chi connectivity index (χ4v) is 4.25. The molecule has 0 saturated carbocycles. The summed E-state index contributed by atoms with van der Waals surface area (Å²) in [6.45, 7) is 0. The molecule has 0 aliphatic heterocycles. The molecule has 10 nitrogen and oxygen atoms in total. The van der Waals surface area contributed by atoms with Crippen molar-refractivity contribution in [1.29, 1.82) is 0 Å². The average molecular weight is 451 g/mol. The number of hydrogen-bond donors (Lipinski definition) is 2. The van der Waals surface area contributed by atoms with Gasteiger partial charge in [0, 0.05) is 16.8 Å². The highest BCUT2D eigenvalue weighted by molar-refractivity contribution is 7.92. The summed E-state index contributed by atoms with van der Waals surface area (Å²) in [5.41, 5.74) is 2.10. The van der Waals surface area contributed by atoms with Gasteiger partial charge in [-0.15, -0.1) is 5.90 Å². The number of sulfonamides is 1. The Balaban J connectivity index is 1.60. The van der Waals surface area contributed by atoms with Crippen LogP contribution in [0.25, 0.3) is 28.0 Å². The van der Waals surface area contributed by atoms with Crippen molar-refractivity contribution in [2.75, 3.05) is 4.41 Å². The van der Waals surface area contributed by atoms with Gasteiger partial charge >= 0.3 is 0 Å². The molecule has 3 aromatic carbocycles. The molecule has 0 spiro atoms. The third kappa shape index (κ3) is 4.07. The van der Waals surface area contributed by atoms with Gasteiger partial charge in [-0.1, -0.05) is 35.4 Å². The molecule has 4 aromatic rings. The highest BCUT2D eigenvalue weighted by atomic mass is 32.2. The molecule has 0 atom stereocenters. The smallest absolute Gasteiger partial charge is 0.291 e. The molecule has 0 aliphatic rings. The summed E-state index contributed by atoms with van der Waals surface area (Å²) in [6, 6.07) is 18.2. The quantitative estimate of drug-likeness (QED) is 0.197. The second-order valence-electron chi connectivity index (χ2n) is 6.61. The van der Waals surface area contributed by atoms with Crippen LogP contribution in [0.5, 0.6) is 0 Å². The predicted octanol–water partition coefficient (Wildman–Crippen LogP) is 3.45. The van der Waals surface area contributed by atoms with Crippen molar-refractivity contribution in [3.05, 3.63) is 78.4 Å². The van der Waals surface area contributed by atoms with Crippen LogP contribution in [0, 0.1) is 0 Å². The third-order valence-corrected chi connectivity index (χ3v) is 6.24. The van der Waals surface area contributed by atoms with Crippen LogP contribution in [0.3, 0.4) is 0 Å². The van der Waals surface area contributed by atoms with Gasteiger partial charge in [-0.2, -0.15) is 8.42 Å². The molecule has 162 valence electrons. The third-order valence-electron chi connectivity index (χ3n) is 4.66. The molecule has 32 heavy (non-hydrogen) atoms. The number of benzene rings is 3. The normalized spacial score (nSPS) is 12.2. The van der Waals surface area contributed by atoms with Gasteiger partial charge in [-0.25, -0.2) is 10.3 Å². The Morgan fingerprint density at radius 1 is 1.00 bits per heavy atom. The highest BCUT2D eigenvalue weighted by Gasteiger charge is 2.23. The SMILES string of the molecule is NON=NC(=O)/C=C/c1ccc(N(N)S(=O)(=O)c2ccc3oc4ccccc4c3c2)cc1. The number of nitrogens with zero attached hydrogens (tertiary/aromatic N) is 3. The van der Waals surface area contributed by atoms with E-state index in [9.17, 15) is 13.2 Å². The number of rotatable bonds is 6. The maximum Gasteiger partial charge on any atom is 0.291 e. The lowest BCUT2D eigenvalue weighted by Gasteiger charge is -2.19. The average Bonchev–Trinajstić information content (AvgIpc) is 3.19. The van der Waals surface area contributed by atoms with Crippen LogP contribution in [0.15, 0.2) is 92.5 Å². The largest absolute Gasteiger partial charge is 0.456 e. The summed E-state index contributed by atoms with van der Waals surface area (Å²) in [7, 11) is -4.03. The Hall–Kier alpha value is -4.06. The standard InChI is InChI=1S/C21H17N5O5S/c22-26(15-8-5-14(6-9-15)7-12-21(27)24-25-31-23)32(28,29)16-10-11-20-18(13-16)17-3-1-2-4-19(17)30-20/h1-13H,22-23H2/b12-7+,25-24?. The first-order valence-electron chi connectivity index (χ1n) is 9.20. The second kappa shape index (κ2) is 8.59. The minimum absolute atomic E-state index is 0.0288. The molecule has 4 rings (SSSR count). The summed E-state index contributed by atoms with van der Waals surface area (Å²) in [5, 5.41) is 7.55. The Morgan fingerprint density at radius 3 is 2.47 bits per heavy atom. The van der Waals surface area contributed by atoms with Crippen molar-refractivity contribution < 1.29 is 22.6 Å². The van der Waals surface area contributed by atoms with E-state index >= 15 is 0 Å². The van der Waals surface area contributed by atoms with Gasteiger partial charge in [0.15, 0.2) is 0 Å². The van der Waals surface area contributed by atoms with Crippen molar-refractivity contribution in [2.45, 2.75) is 4.90 Å². The Morgan fingerprint density at radius 2 is 1.72 bits per heavy atom. The number of anilines is 1. The van der Waals surface area contributed by atoms with Gasteiger partial charge < -0.3 is 4.42 Å². The zero-order valence-electron chi connectivity index (χ0n) is 16.5. The van der Waals surface area contributed by atoms with Gasteiger partial charge in [0.1, 0.15) is 11.2 Å². The lowest BCUT2D eigenvalue weighted by atomic mass is 10.1. The first-order chi connectivity index (χ1) is 15.4. The predicted molar refractivity (Wildman–Crippen MR) is 118 cm³/mol. The molecule has 11 heteroatoms. The van der Waals surface area contributed by atoms with Crippen LogP contribution in [0.2, 0.25) is 0 Å². The van der Waals surface area contributed by atoms with E-state index in [-0.39, 0.29) is 10.6 Å². The van der Waals surface area contributed by atoms with Crippen molar-refractivity contribution in [2.24, 2.45) is 22.1 Å². The van der Waals surface area contributed by atoms with E-state index in [0.29, 0.717) is 26.5 Å². The van der Waals surface area contributed by atoms with Crippen molar-refractivity contribution in [1.82, 2.24) is 0 Å². The number of fused-ring (bicyclic) bond motifs is 3. The molecule has 1 aromatic heterocycles. The number of carbonyl (C=O) groups is 1. The Kier molecular flexibility index (Phi) is 5.69. The number of hydrazine groups is 1. The number of carbonyl (C=O) groups excluding carboxylic acids is 1. The fraction of sp³-hybridized carbons (Fsp3) is 0. The van der Waals surface area contributed by atoms with Crippen LogP contribution in [0.1, 0.15) is 5.56 Å². The summed E-state index contributed by atoms with van der Waals surface area (Å²) in [5.74, 6) is 9.93. The molecule has 0 unspecified atom stereocenters. The van der Waals surface area contributed by atoms with Crippen LogP contribution in [-0.2, 0) is 19.8 Å². The van der Waals surface area contributed by atoms with E-state index < -0.39 is 15.9 Å². The van der Waals surface area contributed by atoms with E-state index in [1.165, 1.54) is 24.3 Å². The Labute approximate surface area is 182 Å². The first-order valence-corrected chi connectivity index (χ1v) is 10.6. The molecule has 0 saturated heterocycles. The molecular formula is C21H17N5O5S. The highest BCUT2D eigenvalue weighted by Crippen LogP contribution is 2.31. The zero-order valence-corrected chi connectivity index (χ0v) is 17.3. The van der Waals surface area contributed by atoms with Crippen molar-refractivity contribution >= 4 is 49.6 Å². The lowest BCUT2D eigenvalue weighted by Crippen LogP contribution is -2.37. The van der Waals surface area contributed by atoms with Crippen LogP contribution in [0.4, 0.5) is 5.69 Å². The van der Waals surface area contributed by atoms with Gasteiger partial charge in [0.05, 0.1) is 15.9 Å². The monoisotopic (exact) mass is 451 g/mol. The Bertz CT molecular complexity index is 1460. The lowest BCUT2D eigenvalue weighted by molar-refractivity contribution is -0.114. The number of nitrogens with two attached hydrogens (primary N) is 2. The molecule has 1 amide bonds. The van der Waals surface area contributed by atoms with Crippen LogP contribution in [-0.4, -0.2) is 14.3 Å². The van der Waals surface area contributed by atoms with Gasteiger partial charge in [0.25, 0.3) is 15.9 Å². The summed E-state index contributed by atoms with van der Waals surface area (Å²) >= 11 is 0. The van der Waals surface area contributed by atoms with Crippen molar-refractivity contribution in [3.63, 3.8) is 0 Å². The topological polar surface area (TPSA) is 154 Å². The summed E-state index contributed by atoms with van der Waals surface area (Å²) < 4.78 is 32.6. The molecule has 0 radical (unpaired) electrons. The first kappa shape index (κ1) is 21.2. The van der Waals surface area contributed by atoms with Gasteiger partial charge in [0.2, 0.25) is 0 Å². The minimum atomic E-state index is -4.03.